The van der Waals surface area contributed by atoms with Crippen molar-refractivity contribution in [3.8, 4) is 5.69 Å². The van der Waals surface area contributed by atoms with E-state index < -0.39 is 0 Å². The molecule has 0 fully saturated rings. The SMILES string of the molecule is Cc1ccc2nc(C3C=CC=CC3)n(-c3ccccc3)c2c1. The van der Waals surface area contributed by atoms with Gasteiger partial charge in [-0.15, -0.1) is 0 Å². The van der Waals surface area contributed by atoms with E-state index in [1.807, 2.05) is 0 Å². The smallest absolute Gasteiger partial charge is 0.121 e. The molecule has 1 aliphatic rings. The van der Waals surface area contributed by atoms with Gasteiger partial charge < -0.3 is 0 Å². The Kier molecular flexibility index (Phi) is 3.15. The Hall–Kier alpha value is -2.61. The molecule has 3 aromatic rings. The lowest BCUT2D eigenvalue weighted by molar-refractivity contribution is 0.758. The maximum absolute atomic E-state index is 4.93. The Labute approximate surface area is 130 Å². The Morgan fingerprint density at radius 2 is 1.91 bits per heavy atom. The van der Waals surface area contributed by atoms with Crippen molar-refractivity contribution in [2.75, 3.05) is 0 Å². The van der Waals surface area contributed by atoms with Crippen LogP contribution in [0.25, 0.3) is 16.7 Å². The minimum absolute atomic E-state index is 0.331. The van der Waals surface area contributed by atoms with E-state index in [1.54, 1.807) is 0 Å². The number of aromatic nitrogens is 2. The van der Waals surface area contributed by atoms with Crippen molar-refractivity contribution in [1.82, 2.24) is 9.55 Å². The molecule has 2 nitrogen and oxygen atoms in total. The van der Waals surface area contributed by atoms with Crippen LogP contribution < -0.4 is 0 Å². The molecule has 2 aromatic carbocycles. The van der Waals surface area contributed by atoms with Gasteiger partial charge in [-0.25, -0.2) is 4.98 Å². The highest BCUT2D eigenvalue weighted by molar-refractivity contribution is 5.79. The largest absolute Gasteiger partial charge is 0.296 e. The number of para-hydroxylation sites is 1. The van der Waals surface area contributed by atoms with Crippen LogP contribution >= 0.6 is 0 Å². The first-order valence-corrected chi connectivity index (χ1v) is 7.71. The quantitative estimate of drug-likeness (QED) is 0.653. The van der Waals surface area contributed by atoms with Crippen LogP contribution in [0.2, 0.25) is 0 Å². The number of hydrogen-bond acceptors (Lipinski definition) is 1. The molecule has 0 N–H and O–H groups in total. The molecule has 1 aliphatic carbocycles. The Morgan fingerprint density at radius 3 is 2.68 bits per heavy atom. The Morgan fingerprint density at radius 1 is 1.05 bits per heavy atom. The Balaban J connectivity index is 1.99. The summed E-state index contributed by atoms with van der Waals surface area (Å²) in [6.45, 7) is 2.13. The monoisotopic (exact) mass is 286 g/mol. The molecule has 2 heteroatoms. The molecule has 22 heavy (non-hydrogen) atoms. The zero-order valence-electron chi connectivity index (χ0n) is 12.6. The van der Waals surface area contributed by atoms with E-state index in [0.29, 0.717) is 5.92 Å². The average Bonchev–Trinajstić information content (AvgIpc) is 2.95. The molecule has 0 saturated carbocycles. The van der Waals surface area contributed by atoms with Crippen LogP contribution in [0.3, 0.4) is 0 Å². The summed E-state index contributed by atoms with van der Waals surface area (Å²) in [5, 5.41) is 0. The predicted octanol–water partition coefficient (Wildman–Crippen LogP) is 4.93. The maximum Gasteiger partial charge on any atom is 0.121 e. The van der Waals surface area contributed by atoms with Crippen LogP contribution in [0, 0.1) is 6.92 Å². The van der Waals surface area contributed by atoms with E-state index in [2.05, 4.69) is 84.3 Å². The summed E-state index contributed by atoms with van der Waals surface area (Å²) >= 11 is 0. The van der Waals surface area contributed by atoms with Crippen LogP contribution in [0.4, 0.5) is 0 Å². The second-order valence-electron chi connectivity index (χ2n) is 5.79. The molecular weight excluding hydrogens is 268 g/mol. The third-order valence-corrected chi connectivity index (χ3v) is 4.16. The number of rotatable bonds is 2. The number of benzene rings is 2. The molecule has 0 radical (unpaired) electrons. The standard InChI is InChI=1S/C20H18N2/c1-15-12-13-18-19(14-15)22(17-10-6-3-7-11-17)20(21-18)16-8-4-2-5-9-16/h2-8,10-14,16H,9H2,1H3. The molecule has 0 aliphatic heterocycles. The highest BCUT2D eigenvalue weighted by Crippen LogP contribution is 2.30. The van der Waals surface area contributed by atoms with Crippen LogP contribution in [0.15, 0.2) is 72.8 Å². The second-order valence-corrected chi connectivity index (χ2v) is 5.79. The lowest BCUT2D eigenvalue weighted by atomic mass is 10.00. The predicted molar refractivity (Wildman–Crippen MR) is 91.4 cm³/mol. The summed E-state index contributed by atoms with van der Waals surface area (Å²) in [4.78, 5) is 4.93. The number of fused-ring (bicyclic) bond motifs is 1. The molecule has 1 aromatic heterocycles. The van der Waals surface area contributed by atoms with Gasteiger partial charge in [-0.05, 0) is 43.2 Å². The van der Waals surface area contributed by atoms with Gasteiger partial charge in [0.25, 0.3) is 0 Å². The van der Waals surface area contributed by atoms with E-state index in [9.17, 15) is 0 Å². The highest BCUT2D eigenvalue weighted by atomic mass is 15.1. The normalized spacial score (nSPS) is 17.2. The summed E-state index contributed by atoms with van der Waals surface area (Å²) in [7, 11) is 0. The van der Waals surface area contributed by atoms with Crippen molar-refractivity contribution in [3.63, 3.8) is 0 Å². The summed E-state index contributed by atoms with van der Waals surface area (Å²) in [6, 6.07) is 17.0. The molecule has 0 spiro atoms. The van der Waals surface area contributed by atoms with Crippen molar-refractivity contribution in [3.05, 3.63) is 84.2 Å². The zero-order chi connectivity index (χ0) is 14.9. The van der Waals surface area contributed by atoms with Crippen LogP contribution in [0.5, 0.6) is 0 Å². The van der Waals surface area contributed by atoms with E-state index in [-0.39, 0.29) is 0 Å². The number of hydrogen-bond donors (Lipinski definition) is 0. The van der Waals surface area contributed by atoms with Gasteiger partial charge in [0.2, 0.25) is 0 Å². The van der Waals surface area contributed by atoms with E-state index in [4.69, 9.17) is 4.98 Å². The Bertz CT molecular complexity index is 869. The van der Waals surface area contributed by atoms with Gasteiger partial charge in [-0.2, -0.15) is 0 Å². The molecule has 108 valence electrons. The number of nitrogens with zero attached hydrogens (tertiary/aromatic N) is 2. The fourth-order valence-corrected chi connectivity index (χ4v) is 3.07. The van der Waals surface area contributed by atoms with E-state index >= 15 is 0 Å². The van der Waals surface area contributed by atoms with Crippen molar-refractivity contribution in [1.29, 1.82) is 0 Å². The second kappa shape index (κ2) is 5.30. The van der Waals surface area contributed by atoms with Gasteiger partial charge in [0.1, 0.15) is 5.82 Å². The first-order valence-electron chi connectivity index (χ1n) is 7.71. The molecule has 4 rings (SSSR count). The number of allylic oxidation sites excluding steroid dienone is 4. The van der Waals surface area contributed by atoms with Crippen LogP contribution in [-0.2, 0) is 0 Å². The molecule has 0 saturated heterocycles. The summed E-state index contributed by atoms with van der Waals surface area (Å²) in [5.41, 5.74) is 4.68. The van der Waals surface area contributed by atoms with Gasteiger partial charge in [-0.3, -0.25) is 4.57 Å². The third-order valence-electron chi connectivity index (χ3n) is 4.16. The van der Waals surface area contributed by atoms with Crippen molar-refractivity contribution in [2.24, 2.45) is 0 Å². The third kappa shape index (κ3) is 2.17. The first kappa shape index (κ1) is 13.1. The van der Waals surface area contributed by atoms with E-state index in [0.717, 1.165) is 17.8 Å². The van der Waals surface area contributed by atoms with Gasteiger partial charge in [-0.1, -0.05) is 48.6 Å². The fraction of sp³-hybridized carbons (Fsp3) is 0.150. The van der Waals surface area contributed by atoms with Crippen molar-refractivity contribution < 1.29 is 0 Å². The summed E-state index contributed by atoms with van der Waals surface area (Å²) < 4.78 is 2.30. The van der Waals surface area contributed by atoms with Crippen molar-refractivity contribution >= 4 is 11.0 Å². The topological polar surface area (TPSA) is 17.8 Å². The molecule has 1 unspecified atom stereocenters. The number of aryl methyl sites for hydroxylation is 1. The molecule has 1 heterocycles. The molecular formula is C20H18N2. The van der Waals surface area contributed by atoms with Gasteiger partial charge in [0.15, 0.2) is 0 Å². The van der Waals surface area contributed by atoms with E-state index in [1.165, 1.54) is 16.8 Å². The summed E-state index contributed by atoms with van der Waals surface area (Å²) in [5.74, 6) is 1.45. The zero-order valence-corrected chi connectivity index (χ0v) is 12.6. The lowest BCUT2D eigenvalue weighted by Gasteiger charge is -2.16. The molecule has 0 amide bonds. The maximum atomic E-state index is 4.93. The minimum atomic E-state index is 0.331. The van der Waals surface area contributed by atoms with Crippen LogP contribution in [-0.4, -0.2) is 9.55 Å². The molecule has 0 bridgehead atoms. The number of imidazole rings is 1. The van der Waals surface area contributed by atoms with Crippen LogP contribution in [0.1, 0.15) is 23.7 Å². The molecule has 1 atom stereocenters. The lowest BCUT2D eigenvalue weighted by Crippen LogP contribution is -2.06. The van der Waals surface area contributed by atoms with Gasteiger partial charge >= 0.3 is 0 Å². The van der Waals surface area contributed by atoms with Crippen molar-refractivity contribution in [2.45, 2.75) is 19.3 Å². The van der Waals surface area contributed by atoms with Gasteiger partial charge in [0.05, 0.1) is 11.0 Å². The highest BCUT2D eigenvalue weighted by Gasteiger charge is 2.19. The minimum Gasteiger partial charge on any atom is -0.296 e. The summed E-state index contributed by atoms with van der Waals surface area (Å²) in [6.07, 6.45) is 9.69. The fourth-order valence-electron chi connectivity index (χ4n) is 3.07. The average molecular weight is 286 g/mol. The van der Waals surface area contributed by atoms with Gasteiger partial charge in [0, 0.05) is 11.6 Å². The first-order chi connectivity index (χ1) is 10.8.